The lowest BCUT2D eigenvalue weighted by Crippen LogP contribution is -2.66. The van der Waals surface area contributed by atoms with Gasteiger partial charge in [-0.05, 0) is 38.1 Å². The quantitative estimate of drug-likeness (QED) is 0.0921. The Morgan fingerprint density at radius 1 is 0.623 bits per heavy atom. The normalized spacial score (nSPS) is 40.8. The number of rotatable bonds is 10. The van der Waals surface area contributed by atoms with Crippen molar-refractivity contribution in [2.45, 2.75) is 131 Å². The molecule has 61 heavy (non-hydrogen) atoms. The Morgan fingerprint density at radius 2 is 1.26 bits per heavy atom. The minimum absolute atomic E-state index is 0.0975. The molecule has 4 saturated heterocycles. The minimum Gasteiger partial charge on any atom is -0.508 e. The second-order valence-corrected chi connectivity index (χ2v) is 15.3. The second kappa shape index (κ2) is 18.1. The van der Waals surface area contributed by atoms with Gasteiger partial charge in [-0.2, -0.15) is 0 Å². The molecule has 0 saturated carbocycles. The van der Waals surface area contributed by atoms with Crippen molar-refractivity contribution in [1.82, 2.24) is 0 Å². The van der Waals surface area contributed by atoms with Crippen LogP contribution in [0.15, 0.2) is 45.6 Å². The highest BCUT2D eigenvalue weighted by atomic mass is 16.8. The van der Waals surface area contributed by atoms with Crippen molar-refractivity contribution in [1.29, 1.82) is 0 Å². The molecule has 1 aromatic heterocycles. The van der Waals surface area contributed by atoms with Gasteiger partial charge in [0.15, 0.2) is 30.7 Å². The number of aromatic hydroxyl groups is 3. The topological polar surface area (TPSA) is 367 Å². The minimum atomic E-state index is -2.09. The molecular formula is C38H48O23. The van der Waals surface area contributed by atoms with E-state index in [9.17, 15) is 71.2 Å². The molecular weight excluding hydrogens is 824 g/mol. The molecule has 7 rings (SSSR count). The first-order valence-electron chi connectivity index (χ1n) is 19.2. The molecule has 13 N–H and O–H groups in total. The number of aliphatic hydroxyl groups excluding tert-OH is 10. The molecule has 4 aliphatic rings. The van der Waals surface area contributed by atoms with E-state index < -0.39 is 158 Å². The van der Waals surface area contributed by atoms with Crippen LogP contribution in [0, 0.1) is 0 Å². The Balaban J connectivity index is 1.24. The molecule has 338 valence electrons. The predicted molar refractivity (Wildman–Crippen MR) is 196 cm³/mol. The Morgan fingerprint density at radius 3 is 1.97 bits per heavy atom. The van der Waals surface area contributed by atoms with Gasteiger partial charge in [0.1, 0.15) is 101 Å². The lowest BCUT2D eigenvalue weighted by Gasteiger charge is -2.47. The lowest BCUT2D eigenvalue weighted by atomic mass is 9.97. The van der Waals surface area contributed by atoms with Crippen molar-refractivity contribution < 1.29 is 109 Å². The number of phenolic OH excluding ortho intramolecular Hbond substituents is 3. The van der Waals surface area contributed by atoms with Gasteiger partial charge in [-0.15, -0.1) is 0 Å². The van der Waals surface area contributed by atoms with Crippen molar-refractivity contribution >= 4 is 11.0 Å². The van der Waals surface area contributed by atoms with E-state index in [1.807, 2.05) is 0 Å². The highest BCUT2D eigenvalue weighted by Crippen LogP contribution is 2.39. The monoisotopic (exact) mass is 872 g/mol. The van der Waals surface area contributed by atoms with Gasteiger partial charge in [0.25, 0.3) is 0 Å². The first kappa shape index (κ1) is 45.2. The van der Waals surface area contributed by atoms with E-state index in [4.69, 9.17) is 42.3 Å². The summed E-state index contributed by atoms with van der Waals surface area (Å²) in [7, 11) is 0. The molecule has 5 heterocycles. The summed E-state index contributed by atoms with van der Waals surface area (Å²) in [6.45, 7) is 1.54. The van der Waals surface area contributed by atoms with Gasteiger partial charge in [0.2, 0.25) is 17.5 Å². The number of ether oxygens (including phenoxy) is 8. The van der Waals surface area contributed by atoms with Crippen molar-refractivity contribution in [3.05, 3.63) is 46.6 Å². The average Bonchev–Trinajstić information content (AvgIpc) is 3.22. The number of fused-ring (bicyclic) bond motifs is 1. The van der Waals surface area contributed by atoms with Crippen molar-refractivity contribution in [3.63, 3.8) is 0 Å². The molecule has 0 unspecified atom stereocenters. The highest BCUT2D eigenvalue weighted by Gasteiger charge is 2.54. The summed E-state index contributed by atoms with van der Waals surface area (Å²) in [6, 6.07) is 7.04. The fraction of sp³-hybridized carbons (Fsp3) is 0.605. The van der Waals surface area contributed by atoms with Gasteiger partial charge in [0.05, 0.1) is 25.4 Å². The van der Waals surface area contributed by atoms with E-state index in [0.29, 0.717) is 0 Å². The molecule has 3 aromatic rings. The van der Waals surface area contributed by atoms with Crippen molar-refractivity contribution in [3.8, 4) is 34.3 Å². The van der Waals surface area contributed by atoms with Crippen LogP contribution in [0.5, 0.6) is 23.0 Å². The molecule has 0 amide bonds. The van der Waals surface area contributed by atoms with Crippen LogP contribution in [-0.2, 0) is 33.2 Å². The average molecular weight is 873 g/mol. The zero-order chi connectivity index (χ0) is 44.2. The molecule has 0 spiro atoms. The summed E-state index contributed by atoms with van der Waals surface area (Å²) in [4.78, 5) is 14.2. The van der Waals surface area contributed by atoms with Gasteiger partial charge in [-0.3, -0.25) is 4.79 Å². The summed E-state index contributed by atoms with van der Waals surface area (Å²) >= 11 is 0. The van der Waals surface area contributed by atoms with Crippen LogP contribution in [0.2, 0.25) is 0 Å². The maximum absolute atomic E-state index is 14.2. The fourth-order valence-corrected chi connectivity index (χ4v) is 7.40. The van der Waals surface area contributed by atoms with E-state index in [1.165, 1.54) is 38.1 Å². The predicted octanol–water partition coefficient (Wildman–Crippen LogP) is -4.08. The van der Waals surface area contributed by atoms with E-state index in [1.54, 1.807) is 0 Å². The Bertz CT molecular complexity index is 2030. The molecule has 23 nitrogen and oxygen atoms in total. The lowest BCUT2D eigenvalue weighted by molar-refractivity contribution is -0.375. The number of hydrogen-bond donors (Lipinski definition) is 13. The zero-order valence-electron chi connectivity index (χ0n) is 32.2. The standard InChI is InChI=1S/C38H48O23/c1-11-21(43)26(48)29(51)35(55-11)54-10-19-24(46)27(49)34(61-37-30(52)32(22(44)12(2)56-37)59-36-28(50)23(45)17(42)9-53-36)38(58-19)60-33-25(47)20-16(41)7-15(40)8-18(20)57-31(33)13-3-5-14(39)6-4-13/h3-8,11-12,17,19,21-24,26-30,32,34-46,48-52H,9-10H2,1-2H3/t11-,12-,17-,19-,21-,22-,23-,24+,26+,27+,28+,29+,30+,32+,34-,35+,36-,37-,38+/m0/s1. The number of benzene rings is 2. The highest BCUT2D eigenvalue weighted by molar-refractivity contribution is 5.88. The summed E-state index contributed by atoms with van der Waals surface area (Å²) in [5.74, 6) is -2.46. The third-order valence-corrected chi connectivity index (χ3v) is 11.0. The van der Waals surface area contributed by atoms with Crippen LogP contribution in [0.4, 0.5) is 0 Å². The molecule has 23 heteroatoms. The van der Waals surface area contributed by atoms with Crippen LogP contribution in [0.3, 0.4) is 0 Å². The number of aliphatic hydroxyl groups is 10. The molecule has 0 bridgehead atoms. The van der Waals surface area contributed by atoms with E-state index >= 15 is 0 Å². The largest absolute Gasteiger partial charge is 0.508 e. The first-order chi connectivity index (χ1) is 28.9. The third kappa shape index (κ3) is 8.89. The molecule has 4 aliphatic heterocycles. The maximum Gasteiger partial charge on any atom is 0.239 e. The Labute approximate surface area is 344 Å². The van der Waals surface area contributed by atoms with E-state index in [2.05, 4.69) is 0 Å². The van der Waals surface area contributed by atoms with E-state index in [-0.39, 0.29) is 22.7 Å². The summed E-state index contributed by atoms with van der Waals surface area (Å²) in [5, 5.41) is 137. The zero-order valence-corrected chi connectivity index (χ0v) is 32.2. The second-order valence-electron chi connectivity index (χ2n) is 15.3. The molecule has 4 fully saturated rings. The molecule has 2 aromatic carbocycles. The SMILES string of the molecule is C[C@@H]1O[C@@H](OC[C@@H]2O[C@H](Oc3c(-c4ccc(O)cc4)oc4cc(O)cc(O)c4c3=O)[C@@H](O[C@@H]3O[C@@H](C)[C@H](O)[C@@H](O[C@@H]4OC[C@H](O)[C@H](O)[C@H]4O)[C@H]3O)[C@H](O)[C@@H]2O)[C@H](O)[C@H](O)[C@H]1O. The molecule has 0 aliphatic carbocycles. The Hall–Kier alpha value is -3.83. The Kier molecular flexibility index (Phi) is 13.4. The molecule has 19 atom stereocenters. The summed E-state index contributed by atoms with van der Waals surface area (Å²) < 4.78 is 51.9. The van der Waals surface area contributed by atoms with Gasteiger partial charge < -0.3 is 109 Å². The van der Waals surface area contributed by atoms with Gasteiger partial charge in [-0.25, -0.2) is 0 Å². The summed E-state index contributed by atoms with van der Waals surface area (Å²) in [6.07, 6.45) is -32.4. The molecule has 0 radical (unpaired) electrons. The maximum atomic E-state index is 14.2. The summed E-state index contributed by atoms with van der Waals surface area (Å²) in [5.41, 5.74) is -1.27. The first-order valence-corrected chi connectivity index (χ1v) is 19.2. The van der Waals surface area contributed by atoms with Crippen LogP contribution >= 0.6 is 0 Å². The van der Waals surface area contributed by atoms with Crippen molar-refractivity contribution in [2.24, 2.45) is 0 Å². The fourth-order valence-electron chi connectivity index (χ4n) is 7.40. The van der Waals surface area contributed by atoms with Gasteiger partial charge in [-0.1, -0.05) is 0 Å². The van der Waals surface area contributed by atoms with Crippen LogP contribution in [0.1, 0.15) is 13.8 Å². The smallest absolute Gasteiger partial charge is 0.239 e. The van der Waals surface area contributed by atoms with Crippen LogP contribution in [0.25, 0.3) is 22.3 Å². The van der Waals surface area contributed by atoms with Gasteiger partial charge in [0, 0.05) is 17.7 Å². The van der Waals surface area contributed by atoms with Crippen LogP contribution < -0.4 is 10.2 Å². The van der Waals surface area contributed by atoms with E-state index in [0.717, 1.165) is 12.1 Å². The third-order valence-electron chi connectivity index (χ3n) is 11.0. The van der Waals surface area contributed by atoms with Crippen LogP contribution in [-0.4, -0.2) is 196 Å². The van der Waals surface area contributed by atoms with Crippen molar-refractivity contribution in [2.75, 3.05) is 13.2 Å². The number of hydrogen-bond acceptors (Lipinski definition) is 23. The number of phenols is 3. The van der Waals surface area contributed by atoms with Gasteiger partial charge >= 0.3 is 0 Å².